The normalized spacial score (nSPS) is 11.0. The Hall–Kier alpha value is -2.41. The molecule has 0 amide bonds. The number of hydrogen-bond acceptors (Lipinski definition) is 5. The van der Waals surface area contributed by atoms with Gasteiger partial charge in [-0.25, -0.2) is 8.42 Å². The van der Waals surface area contributed by atoms with Gasteiger partial charge in [0, 0.05) is 6.54 Å². The van der Waals surface area contributed by atoms with Gasteiger partial charge in [-0.3, -0.25) is 4.72 Å². The van der Waals surface area contributed by atoms with Crippen molar-refractivity contribution in [2.45, 2.75) is 18.7 Å². The average Bonchev–Trinajstić information content (AvgIpc) is 2.49. The number of hydrogen-bond donors (Lipinski definition) is 2. The van der Waals surface area contributed by atoms with Gasteiger partial charge in [0.25, 0.3) is 10.0 Å². The van der Waals surface area contributed by atoms with Gasteiger partial charge in [-0.05, 0) is 49.2 Å². The summed E-state index contributed by atoms with van der Waals surface area (Å²) in [6.07, 6.45) is 1.69. The molecule has 22 heavy (non-hydrogen) atoms. The first-order valence-corrected chi connectivity index (χ1v) is 8.19. The van der Waals surface area contributed by atoms with Crippen molar-refractivity contribution in [1.82, 2.24) is 10.2 Å². The van der Waals surface area contributed by atoms with Gasteiger partial charge >= 0.3 is 0 Å². The van der Waals surface area contributed by atoms with E-state index in [9.17, 15) is 8.42 Å². The van der Waals surface area contributed by atoms with E-state index in [-0.39, 0.29) is 10.7 Å². The lowest BCUT2D eigenvalue weighted by Crippen LogP contribution is -2.15. The van der Waals surface area contributed by atoms with Crippen molar-refractivity contribution in [3.63, 3.8) is 0 Å². The van der Waals surface area contributed by atoms with Crippen LogP contribution in [0.2, 0.25) is 0 Å². The quantitative estimate of drug-likeness (QED) is 0.799. The highest BCUT2D eigenvalue weighted by Gasteiger charge is 2.15. The van der Waals surface area contributed by atoms with Crippen molar-refractivity contribution in [2.75, 3.05) is 16.6 Å². The summed E-state index contributed by atoms with van der Waals surface area (Å²) >= 11 is 0. The zero-order chi connectivity index (χ0) is 16.2. The summed E-state index contributed by atoms with van der Waals surface area (Å²) in [6.45, 7) is 7.94. The molecule has 0 unspecified atom stereocenters. The Bertz CT molecular complexity index is 771. The molecule has 0 fully saturated rings. The molecular formula is C15H18N4O2S. The fraction of sp³-hybridized carbons (Fsp3) is 0.200. The predicted molar refractivity (Wildman–Crippen MR) is 87.4 cm³/mol. The number of anilines is 2. The van der Waals surface area contributed by atoms with Crippen LogP contribution in [0.3, 0.4) is 0 Å². The van der Waals surface area contributed by atoms with Crippen LogP contribution in [0.5, 0.6) is 0 Å². The van der Waals surface area contributed by atoms with Crippen LogP contribution in [0.4, 0.5) is 11.6 Å². The molecule has 0 atom stereocenters. The van der Waals surface area contributed by atoms with Gasteiger partial charge in [0.2, 0.25) is 0 Å². The molecule has 2 rings (SSSR count). The largest absolute Gasteiger partial charge is 0.365 e. The molecule has 0 saturated heterocycles. The topological polar surface area (TPSA) is 84.0 Å². The second kappa shape index (κ2) is 6.57. The molecule has 0 spiro atoms. The van der Waals surface area contributed by atoms with E-state index in [1.807, 2.05) is 13.8 Å². The summed E-state index contributed by atoms with van der Waals surface area (Å²) in [5.41, 5.74) is 1.95. The minimum Gasteiger partial charge on any atom is -0.365 e. The highest BCUT2D eigenvalue weighted by molar-refractivity contribution is 7.92. The monoisotopic (exact) mass is 318 g/mol. The summed E-state index contributed by atoms with van der Waals surface area (Å²) in [6, 6.07) is 8.17. The van der Waals surface area contributed by atoms with E-state index < -0.39 is 10.0 Å². The minimum absolute atomic E-state index is 0.169. The summed E-state index contributed by atoms with van der Waals surface area (Å²) in [7, 11) is -3.67. The van der Waals surface area contributed by atoms with Gasteiger partial charge in [-0.2, -0.15) is 0 Å². The van der Waals surface area contributed by atoms with E-state index in [0.717, 1.165) is 11.1 Å². The molecule has 0 radical (unpaired) electrons. The summed E-state index contributed by atoms with van der Waals surface area (Å²) in [4.78, 5) is 0.200. The van der Waals surface area contributed by atoms with Crippen molar-refractivity contribution < 1.29 is 8.42 Å². The molecule has 6 nitrogen and oxygen atoms in total. The molecule has 1 aromatic heterocycles. The minimum atomic E-state index is -3.67. The van der Waals surface area contributed by atoms with E-state index in [1.54, 1.807) is 36.4 Å². The zero-order valence-electron chi connectivity index (χ0n) is 12.5. The number of aryl methyl sites for hydroxylation is 2. The third-order valence-electron chi connectivity index (χ3n) is 3.12. The van der Waals surface area contributed by atoms with Gasteiger partial charge in [-0.1, -0.05) is 12.1 Å². The third-order valence-corrected chi connectivity index (χ3v) is 4.47. The number of aromatic nitrogens is 2. The zero-order valence-corrected chi connectivity index (χ0v) is 13.3. The first-order valence-electron chi connectivity index (χ1n) is 6.71. The second-order valence-electron chi connectivity index (χ2n) is 4.82. The van der Waals surface area contributed by atoms with Crippen LogP contribution in [-0.4, -0.2) is 25.2 Å². The Kier molecular flexibility index (Phi) is 4.77. The molecule has 2 N–H and O–H groups in total. The van der Waals surface area contributed by atoms with E-state index in [1.165, 1.54) is 0 Å². The fourth-order valence-corrected chi connectivity index (χ4v) is 2.82. The second-order valence-corrected chi connectivity index (χ2v) is 6.51. The number of nitrogens with one attached hydrogen (secondary N) is 2. The lowest BCUT2D eigenvalue weighted by Gasteiger charge is -2.09. The molecule has 7 heteroatoms. The van der Waals surface area contributed by atoms with Gasteiger partial charge in [0.15, 0.2) is 5.82 Å². The van der Waals surface area contributed by atoms with Gasteiger partial charge < -0.3 is 5.32 Å². The van der Waals surface area contributed by atoms with E-state index in [4.69, 9.17) is 0 Å². The number of nitrogens with zero attached hydrogens (tertiary/aromatic N) is 2. The number of benzene rings is 1. The Morgan fingerprint density at radius 1 is 1.09 bits per heavy atom. The molecule has 2 aromatic rings. The van der Waals surface area contributed by atoms with Crippen LogP contribution in [0.1, 0.15) is 11.1 Å². The lowest BCUT2D eigenvalue weighted by molar-refractivity contribution is 0.601. The molecule has 0 aliphatic heterocycles. The van der Waals surface area contributed by atoms with E-state index in [0.29, 0.717) is 12.4 Å². The van der Waals surface area contributed by atoms with Crippen molar-refractivity contribution in [3.05, 3.63) is 54.1 Å². The first kappa shape index (κ1) is 16.0. The molecule has 1 heterocycles. The van der Waals surface area contributed by atoms with Crippen molar-refractivity contribution in [2.24, 2.45) is 0 Å². The first-order chi connectivity index (χ1) is 10.4. The van der Waals surface area contributed by atoms with Gasteiger partial charge in [-0.15, -0.1) is 16.8 Å². The SMILES string of the molecule is C=CCNc1ccc(NS(=O)(=O)c2ccc(C)c(C)c2)nn1. The van der Waals surface area contributed by atoms with Crippen LogP contribution in [0.25, 0.3) is 0 Å². The molecule has 0 aliphatic rings. The third kappa shape index (κ3) is 3.82. The van der Waals surface area contributed by atoms with Gasteiger partial charge in [0.1, 0.15) is 5.82 Å². The van der Waals surface area contributed by atoms with Crippen LogP contribution < -0.4 is 10.0 Å². The van der Waals surface area contributed by atoms with Gasteiger partial charge in [0.05, 0.1) is 4.90 Å². The van der Waals surface area contributed by atoms with Crippen molar-refractivity contribution in [3.8, 4) is 0 Å². The van der Waals surface area contributed by atoms with E-state index >= 15 is 0 Å². The maximum absolute atomic E-state index is 12.3. The standard InChI is InChI=1S/C15H18N4O2S/c1-4-9-16-14-7-8-15(18-17-14)19-22(20,21)13-6-5-11(2)12(3)10-13/h4-8,10H,1,9H2,2-3H3,(H,16,17)(H,18,19). The summed E-state index contributed by atoms with van der Waals surface area (Å²) in [5.74, 6) is 0.719. The Morgan fingerprint density at radius 2 is 1.77 bits per heavy atom. The van der Waals surface area contributed by atoms with Crippen LogP contribution in [0.15, 0.2) is 47.9 Å². The Morgan fingerprint density at radius 3 is 2.36 bits per heavy atom. The Balaban J connectivity index is 2.17. The van der Waals surface area contributed by atoms with E-state index in [2.05, 4.69) is 26.8 Å². The average molecular weight is 318 g/mol. The molecule has 0 bridgehead atoms. The van der Waals surface area contributed by atoms with Crippen molar-refractivity contribution in [1.29, 1.82) is 0 Å². The molecular weight excluding hydrogens is 300 g/mol. The van der Waals surface area contributed by atoms with Crippen molar-refractivity contribution >= 4 is 21.7 Å². The lowest BCUT2D eigenvalue weighted by atomic mass is 10.1. The maximum Gasteiger partial charge on any atom is 0.263 e. The maximum atomic E-state index is 12.3. The molecule has 0 aliphatic carbocycles. The van der Waals surface area contributed by atoms with Crippen LogP contribution >= 0.6 is 0 Å². The molecule has 0 saturated carbocycles. The molecule has 1 aromatic carbocycles. The summed E-state index contributed by atoms with van der Waals surface area (Å²) < 4.78 is 27.0. The smallest absolute Gasteiger partial charge is 0.263 e. The molecule has 116 valence electrons. The van der Waals surface area contributed by atoms with Crippen LogP contribution in [0, 0.1) is 13.8 Å². The summed E-state index contributed by atoms with van der Waals surface area (Å²) in [5, 5.41) is 10.7. The van der Waals surface area contributed by atoms with Crippen LogP contribution in [-0.2, 0) is 10.0 Å². The highest BCUT2D eigenvalue weighted by Crippen LogP contribution is 2.17. The highest BCUT2D eigenvalue weighted by atomic mass is 32.2. The predicted octanol–water partition coefficient (Wildman–Crippen LogP) is 2.49. The number of sulfonamides is 1. The number of rotatable bonds is 6. The Labute approximate surface area is 130 Å². The fourth-order valence-electron chi connectivity index (χ4n) is 1.74.